The molecule has 0 aliphatic carbocycles. The van der Waals surface area contributed by atoms with Crippen LogP contribution in [0, 0.1) is 5.21 Å². The molecule has 0 aromatic rings. The van der Waals surface area contributed by atoms with Gasteiger partial charge in [-0.25, -0.2) is 4.79 Å². The molecule has 1 aliphatic rings. The fourth-order valence-electron chi connectivity index (χ4n) is 1.06. The van der Waals surface area contributed by atoms with E-state index >= 15 is 0 Å². The zero-order valence-electron chi connectivity index (χ0n) is 8.53. The number of carbonyl (C=O) groups is 2. The molecule has 9 heteroatoms. The van der Waals surface area contributed by atoms with Gasteiger partial charge in [0.15, 0.2) is 6.04 Å². The van der Waals surface area contributed by atoms with E-state index in [0.29, 0.717) is 13.0 Å². The number of hydrogen-bond acceptors (Lipinski definition) is 6. The van der Waals surface area contributed by atoms with Gasteiger partial charge in [-0.1, -0.05) is 0 Å². The van der Waals surface area contributed by atoms with Crippen LogP contribution in [0.1, 0.15) is 13.3 Å². The first kappa shape index (κ1) is 12.0. The number of carbonyl (C=O) groups excluding carboxylic acids is 1. The molecule has 0 amide bonds. The third kappa shape index (κ3) is 2.97. The minimum Gasteiger partial charge on any atom is -0.569 e. The van der Waals surface area contributed by atoms with Crippen LogP contribution in [0.3, 0.4) is 0 Å². The van der Waals surface area contributed by atoms with E-state index < -0.39 is 24.8 Å². The van der Waals surface area contributed by atoms with Gasteiger partial charge in [-0.3, -0.25) is 4.79 Å². The lowest BCUT2D eigenvalue weighted by atomic mass is 10.1. The molecule has 1 heterocycles. The van der Waals surface area contributed by atoms with Gasteiger partial charge in [-0.05, 0) is 0 Å². The molecule has 0 aromatic carbocycles. The molecule has 0 unspecified atom stereocenters. The van der Waals surface area contributed by atoms with Crippen molar-refractivity contribution in [3.63, 3.8) is 0 Å². The Balaban J connectivity index is 2.33. The van der Waals surface area contributed by atoms with E-state index in [-0.39, 0.29) is 4.97 Å². The van der Waals surface area contributed by atoms with E-state index in [1.807, 2.05) is 0 Å². The lowest BCUT2D eigenvalue weighted by Gasteiger charge is -2.31. The molecule has 0 radical (unpaired) electrons. The Morgan fingerprint density at radius 3 is 2.81 bits per heavy atom. The highest BCUT2D eigenvalue weighted by Gasteiger charge is 2.41. The van der Waals surface area contributed by atoms with E-state index in [1.165, 1.54) is 6.92 Å². The number of carboxylic acids is 1. The Hall–Kier alpha value is -2.06. The first-order chi connectivity index (χ1) is 7.52. The summed E-state index contributed by atoms with van der Waals surface area (Å²) in [6.45, 7) is 0.981. The first-order valence-electron chi connectivity index (χ1n) is 4.45. The van der Waals surface area contributed by atoms with Crippen molar-refractivity contribution in [3.8, 4) is 0 Å². The number of hydrogen-bond donors (Lipinski definition) is 1. The van der Waals surface area contributed by atoms with Crippen LogP contribution in [0.15, 0.2) is 5.28 Å². The summed E-state index contributed by atoms with van der Waals surface area (Å²) in [6, 6.07) is -0.876. The summed E-state index contributed by atoms with van der Waals surface area (Å²) in [7, 11) is 0. The summed E-state index contributed by atoms with van der Waals surface area (Å²) >= 11 is 0. The largest absolute Gasteiger partial charge is 0.569 e. The van der Waals surface area contributed by atoms with Gasteiger partial charge in [-0.15, -0.1) is 5.01 Å². The van der Waals surface area contributed by atoms with Crippen molar-refractivity contribution in [2.75, 3.05) is 13.3 Å². The Kier molecular flexibility index (Phi) is 3.86. The average molecular weight is 233 g/mol. The molecular formula is C7H11N3O6. The average Bonchev–Trinajstić information content (AvgIpc) is 2.09. The quantitative estimate of drug-likeness (QED) is 0.169. The van der Waals surface area contributed by atoms with Crippen LogP contribution in [0.4, 0.5) is 0 Å². The summed E-state index contributed by atoms with van der Waals surface area (Å²) < 4.78 is 4.34. The van der Waals surface area contributed by atoms with Crippen LogP contribution >= 0.6 is 0 Å². The van der Waals surface area contributed by atoms with Gasteiger partial charge < -0.3 is 19.9 Å². The fraction of sp³-hybridized carbons (Fsp3) is 0.714. The second kappa shape index (κ2) is 5.14. The van der Waals surface area contributed by atoms with E-state index in [2.05, 4.69) is 14.9 Å². The van der Waals surface area contributed by atoms with E-state index in [4.69, 9.17) is 5.11 Å². The number of esters is 1. The first-order valence-corrected chi connectivity index (χ1v) is 4.45. The van der Waals surface area contributed by atoms with Crippen molar-refractivity contribution in [1.29, 1.82) is 0 Å². The number of aliphatic carboxylic acids is 1. The van der Waals surface area contributed by atoms with Crippen LogP contribution in [0.5, 0.6) is 0 Å². The third-order valence-corrected chi connectivity index (χ3v) is 1.94. The number of rotatable bonds is 5. The summed E-state index contributed by atoms with van der Waals surface area (Å²) in [6.07, 6.45) is 0.382. The standard InChI is InChI=1S/C7H11N3O6/c1-5(11)15-4-16-8-10(14)9-3-2-6(9)7(12)13/h6H,2-4H2,1H3,(H,12,13)/b10-8-/t6-/m0/s1. The van der Waals surface area contributed by atoms with Gasteiger partial charge in [0.2, 0.25) is 5.28 Å². The minimum atomic E-state index is -1.10. The topological polar surface area (TPSA) is 114 Å². The molecule has 16 heavy (non-hydrogen) atoms. The molecule has 0 spiro atoms. The summed E-state index contributed by atoms with van der Waals surface area (Å²) in [5.41, 5.74) is 0. The Morgan fingerprint density at radius 2 is 2.38 bits per heavy atom. The second-order valence-electron chi connectivity index (χ2n) is 3.02. The highest BCUT2D eigenvalue weighted by molar-refractivity contribution is 5.74. The van der Waals surface area contributed by atoms with E-state index in [9.17, 15) is 14.8 Å². The van der Waals surface area contributed by atoms with Crippen molar-refractivity contribution in [1.82, 2.24) is 5.01 Å². The predicted molar refractivity (Wildman–Crippen MR) is 46.5 cm³/mol. The van der Waals surface area contributed by atoms with Crippen molar-refractivity contribution in [2.24, 2.45) is 5.28 Å². The zero-order valence-corrected chi connectivity index (χ0v) is 8.53. The van der Waals surface area contributed by atoms with Crippen LogP contribution in [-0.4, -0.2) is 46.4 Å². The Morgan fingerprint density at radius 1 is 1.69 bits per heavy atom. The maximum Gasteiger partial charge on any atom is 0.332 e. The van der Waals surface area contributed by atoms with Gasteiger partial charge in [0, 0.05) is 13.3 Å². The molecule has 1 atom stereocenters. The maximum atomic E-state index is 11.1. The van der Waals surface area contributed by atoms with Gasteiger partial charge in [0.25, 0.3) is 6.79 Å². The summed E-state index contributed by atoms with van der Waals surface area (Å²) in [5, 5.41) is 23.8. The summed E-state index contributed by atoms with van der Waals surface area (Å²) in [5.74, 6) is -1.66. The number of carboxylic acid groups (broad SMARTS) is 1. The molecular weight excluding hydrogens is 222 g/mol. The van der Waals surface area contributed by atoms with Gasteiger partial charge >= 0.3 is 11.9 Å². The molecule has 1 rings (SSSR count). The smallest absolute Gasteiger partial charge is 0.332 e. The normalized spacial score (nSPS) is 19.9. The maximum absolute atomic E-state index is 11.1. The van der Waals surface area contributed by atoms with Crippen LogP contribution < -0.4 is 0 Å². The van der Waals surface area contributed by atoms with Crippen molar-refractivity contribution in [3.05, 3.63) is 5.21 Å². The number of hydrazine groups is 1. The lowest BCUT2D eigenvalue weighted by molar-refractivity contribution is -0.729. The van der Waals surface area contributed by atoms with E-state index in [0.717, 1.165) is 5.01 Å². The Labute approximate surface area is 90.4 Å². The highest BCUT2D eigenvalue weighted by Crippen LogP contribution is 2.17. The van der Waals surface area contributed by atoms with Crippen molar-refractivity contribution in [2.45, 2.75) is 19.4 Å². The molecule has 90 valence electrons. The molecule has 0 saturated carbocycles. The van der Waals surface area contributed by atoms with Gasteiger partial charge in [0.1, 0.15) is 0 Å². The molecule has 1 aliphatic heterocycles. The highest BCUT2D eigenvalue weighted by atomic mass is 16.8. The van der Waals surface area contributed by atoms with Crippen LogP contribution in [0.25, 0.3) is 0 Å². The van der Waals surface area contributed by atoms with Crippen molar-refractivity contribution >= 4 is 11.9 Å². The van der Waals surface area contributed by atoms with Gasteiger partial charge in [-0.2, -0.15) is 0 Å². The minimum absolute atomic E-state index is 0.0335. The van der Waals surface area contributed by atoms with Crippen LogP contribution in [-0.2, 0) is 19.2 Å². The molecule has 0 bridgehead atoms. The predicted octanol–water partition coefficient (Wildman–Crippen LogP) is -0.525. The SMILES string of the molecule is CC(=O)OCO/N=[N+](\[O-])N1CC[C@H]1C(=O)O. The second-order valence-corrected chi connectivity index (χ2v) is 3.02. The summed E-state index contributed by atoms with van der Waals surface area (Å²) in [4.78, 5) is 25.2. The monoisotopic (exact) mass is 233 g/mol. The molecule has 0 aromatic heterocycles. The molecule has 9 nitrogen and oxygen atoms in total. The molecule has 1 saturated heterocycles. The number of nitrogens with zero attached hydrogens (tertiary/aromatic N) is 3. The van der Waals surface area contributed by atoms with Crippen LogP contribution in [0.2, 0.25) is 0 Å². The van der Waals surface area contributed by atoms with Crippen molar-refractivity contribution < 1.29 is 29.2 Å². The number of ether oxygens (including phenoxy) is 1. The zero-order chi connectivity index (χ0) is 12.1. The lowest BCUT2D eigenvalue weighted by Crippen LogP contribution is -2.55. The third-order valence-electron chi connectivity index (χ3n) is 1.94. The fourth-order valence-corrected chi connectivity index (χ4v) is 1.06. The molecule has 1 fully saturated rings. The molecule has 1 N–H and O–H groups in total. The van der Waals surface area contributed by atoms with E-state index in [1.54, 1.807) is 0 Å². The van der Waals surface area contributed by atoms with Gasteiger partial charge in [0.05, 0.1) is 11.5 Å². The Bertz CT molecular complexity index is 317.